The Morgan fingerprint density at radius 2 is 2.18 bits per heavy atom. The Bertz CT molecular complexity index is 240. The van der Waals surface area contributed by atoms with Crippen molar-refractivity contribution in [1.29, 1.82) is 0 Å². The van der Waals surface area contributed by atoms with Crippen LogP contribution < -0.4 is 5.32 Å². The number of carbonyl (C=O) groups excluding carboxylic acids is 1. The van der Waals surface area contributed by atoms with Crippen LogP contribution >= 0.6 is 0 Å². The van der Waals surface area contributed by atoms with Crippen LogP contribution in [0.3, 0.4) is 0 Å². The number of hydrogen-bond donors (Lipinski definition) is 1. The van der Waals surface area contributed by atoms with Gasteiger partial charge in [0, 0.05) is 31.6 Å². The van der Waals surface area contributed by atoms with Crippen molar-refractivity contribution in [2.24, 2.45) is 5.92 Å². The Kier molecular flexibility index (Phi) is 5.96. The van der Waals surface area contributed by atoms with Gasteiger partial charge in [-0.05, 0) is 25.7 Å². The van der Waals surface area contributed by atoms with Crippen LogP contribution in [0.25, 0.3) is 0 Å². The molecule has 1 aliphatic heterocycles. The first-order valence-electron chi connectivity index (χ1n) is 7.07. The van der Waals surface area contributed by atoms with Gasteiger partial charge >= 0.3 is 0 Å². The van der Waals surface area contributed by atoms with Crippen LogP contribution in [0.2, 0.25) is 0 Å². The number of piperazine rings is 1. The Morgan fingerprint density at radius 3 is 2.76 bits per heavy atom. The number of carbonyl (C=O) groups is 1. The van der Waals surface area contributed by atoms with Crippen LogP contribution in [-0.2, 0) is 4.79 Å². The van der Waals surface area contributed by atoms with Crippen molar-refractivity contribution in [3.8, 4) is 0 Å². The first-order valence-corrected chi connectivity index (χ1v) is 7.07. The summed E-state index contributed by atoms with van der Waals surface area (Å²) < 4.78 is 0. The summed E-state index contributed by atoms with van der Waals surface area (Å²) >= 11 is 0. The van der Waals surface area contributed by atoms with Gasteiger partial charge < -0.3 is 10.2 Å². The lowest BCUT2D eigenvalue weighted by Gasteiger charge is -2.39. The summed E-state index contributed by atoms with van der Waals surface area (Å²) in [5, 5.41) is 3.55. The highest BCUT2D eigenvalue weighted by Crippen LogP contribution is 2.15. The minimum atomic E-state index is 0.342. The molecule has 0 aromatic heterocycles. The van der Waals surface area contributed by atoms with E-state index in [1.54, 1.807) is 0 Å². The fraction of sp³-hybridized carbons (Fsp3) is 0.929. The summed E-state index contributed by atoms with van der Waals surface area (Å²) in [6.45, 7) is 10.6. The highest BCUT2D eigenvalue weighted by molar-refractivity contribution is 5.76. The zero-order valence-electron chi connectivity index (χ0n) is 11.8. The molecule has 1 rings (SSSR count). The molecule has 0 aromatic rings. The van der Waals surface area contributed by atoms with E-state index in [1.165, 1.54) is 0 Å². The molecule has 1 amide bonds. The van der Waals surface area contributed by atoms with Crippen molar-refractivity contribution < 1.29 is 4.79 Å². The number of hydrogen-bond acceptors (Lipinski definition) is 2. The van der Waals surface area contributed by atoms with E-state index in [2.05, 4.69) is 37.9 Å². The van der Waals surface area contributed by atoms with Crippen molar-refractivity contribution in [2.75, 3.05) is 13.1 Å². The van der Waals surface area contributed by atoms with E-state index in [1.807, 2.05) is 0 Å². The third kappa shape index (κ3) is 4.66. The number of unbranched alkanes of at least 4 members (excludes halogenated alkanes) is 1. The van der Waals surface area contributed by atoms with Gasteiger partial charge in [-0.25, -0.2) is 0 Å². The van der Waals surface area contributed by atoms with Gasteiger partial charge in [-0.15, -0.1) is 0 Å². The number of nitrogens with one attached hydrogen (secondary N) is 1. The zero-order chi connectivity index (χ0) is 12.8. The van der Waals surface area contributed by atoms with E-state index in [4.69, 9.17) is 0 Å². The van der Waals surface area contributed by atoms with Crippen LogP contribution in [0.15, 0.2) is 0 Å². The standard InChI is InChI=1S/C14H28N2O/c1-5-6-7-14(17)16-10-13(8-11(2)3)15-9-12(16)4/h11-13,15H,5-10H2,1-4H3. The molecule has 0 bridgehead atoms. The van der Waals surface area contributed by atoms with E-state index < -0.39 is 0 Å². The molecule has 2 unspecified atom stereocenters. The monoisotopic (exact) mass is 240 g/mol. The van der Waals surface area contributed by atoms with Gasteiger partial charge in [0.1, 0.15) is 0 Å². The maximum absolute atomic E-state index is 12.1. The van der Waals surface area contributed by atoms with Gasteiger partial charge in [-0.1, -0.05) is 27.2 Å². The van der Waals surface area contributed by atoms with Crippen LogP contribution in [-0.4, -0.2) is 36.0 Å². The predicted molar refractivity (Wildman–Crippen MR) is 71.9 cm³/mol. The van der Waals surface area contributed by atoms with Crippen LogP contribution in [0.1, 0.15) is 53.4 Å². The molecule has 1 heterocycles. The molecule has 0 spiro atoms. The first kappa shape index (κ1) is 14.5. The molecule has 0 radical (unpaired) electrons. The van der Waals surface area contributed by atoms with Crippen molar-refractivity contribution >= 4 is 5.91 Å². The van der Waals surface area contributed by atoms with Crippen molar-refractivity contribution in [2.45, 2.75) is 65.5 Å². The van der Waals surface area contributed by atoms with E-state index in [9.17, 15) is 4.79 Å². The fourth-order valence-corrected chi connectivity index (χ4v) is 2.48. The maximum atomic E-state index is 12.1. The summed E-state index contributed by atoms with van der Waals surface area (Å²) in [5.74, 6) is 1.03. The second-order valence-corrected chi connectivity index (χ2v) is 5.73. The highest BCUT2D eigenvalue weighted by atomic mass is 16.2. The van der Waals surface area contributed by atoms with E-state index >= 15 is 0 Å². The molecule has 3 nitrogen and oxygen atoms in total. The quantitative estimate of drug-likeness (QED) is 0.800. The van der Waals surface area contributed by atoms with Gasteiger partial charge in [-0.3, -0.25) is 4.79 Å². The third-order valence-corrected chi connectivity index (χ3v) is 3.47. The van der Waals surface area contributed by atoms with Crippen molar-refractivity contribution in [1.82, 2.24) is 10.2 Å². The van der Waals surface area contributed by atoms with Gasteiger partial charge in [0.05, 0.1) is 0 Å². The van der Waals surface area contributed by atoms with Crippen molar-refractivity contribution in [3.63, 3.8) is 0 Å². The number of nitrogens with zero attached hydrogens (tertiary/aromatic N) is 1. The zero-order valence-corrected chi connectivity index (χ0v) is 11.8. The molecular formula is C14H28N2O. The normalized spacial score (nSPS) is 25.4. The lowest BCUT2D eigenvalue weighted by molar-refractivity contribution is -0.135. The number of amides is 1. The molecule has 1 fully saturated rings. The van der Waals surface area contributed by atoms with Crippen molar-refractivity contribution in [3.05, 3.63) is 0 Å². The lowest BCUT2D eigenvalue weighted by atomic mass is 9.99. The molecule has 1 saturated heterocycles. The van der Waals surface area contributed by atoms with E-state index in [-0.39, 0.29) is 0 Å². The maximum Gasteiger partial charge on any atom is 0.222 e. The Labute approximate surface area is 106 Å². The second kappa shape index (κ2) is 7.00. The molecule has 2 atom stereocenters. The van der Waals surface area contributed by atoms with Crippen LogP contribution in [0, 0.1) is 5.92 Å². The Morgan fingerprint density at radius 1 is 1.47 bits per heavy atom. The van der Waals surface area contributed by atoms with E-state index in [0.29, 0.717) is 23.9 Å². The molecular weight excluding hydrogens is 212 g/mol. The first-order chi connectivity index (χ1) is 8.04. The third-order valence-electron chi connectivity index (χ3n) is 3.47. The summed E-state index contributed by atoms with van der Waals surface area (Å²) in [6, 6.07) is 0.833. The average molecular weight is 240 g/mol. The topological polar surface area (TPSA) is 32.3 Å². The summed E-state index contributed by atoms with van der Waals surface area (Å²) in [4.78, 5) is 14.2. The summed E-state index contributed by atoms with van der Waals surface area (Å²) in [7, 11) is 0. The Hall–Kier alpha value is -0.570. The summed E-state index contributed by atoms with van der Waals surface area (Å²) in [5.41, 5.74) is 0. The molecule has 0 aliphatic carbocycles. The van der Waals surface area contributed by atoms with Crippen LogP contribution in [0.4, 0.5) is 0 Å². The lowest BCUT2D eigenvalue weighted by Crippen LogP contribution is -2.57. The molecule has 3 heteroatoms. The highest BCUT2D eigenvalue weighted by Gasteiger charge is 2.28. The number of rotatable bonds is 5. The van der Waals surface area contributed by atoms with Gasteiger partial charge in [0.2, 0.25) is 5.91 Å². The van der Waals surface area contributed by atoms with Gasteiger partial charge in [0.15, 0.2) is 0 Å². The minimum Gasteiger partial charge on any atom is -0.337 e. The van der Waals surface area contributed by atoms with Gasteiger partial charge in [0.25, 0.3) is 0 Å². The second-order valence-electron chi connectivity index (χ2n) is 5.73. The predicted octanol–water partition coefficient (Wildman–Crippen LogP) is 2.41. The largest absolute Gasteiger partial charge is 0.337 e. The van der Waals surface area contributed by atoms with Crippen LogP contribution in [0.5, 0.6) is 0 Å². The SMILES string of the molecule is CCCCC(=O)N1CC(CC(C)C)NCC1C. The summed E-state index contributed by atoms with van der Waals surface area (Å²) in [6.07, 6.45) is 3.99. The van der Waals surface area contributed by atoms with E-state index in [0.717, 1.165) is 38.8 Å². The molecule has 1 aliphatic rings. The Balaban J connectivity index is 2.47. The van der Waals surface area contributed by atoms with Gasteiger partial charge in [-0.2, -0.15) is 0 Å². The molecule has 0 saturated carbocycles. The average Bonchev–Trinajstić information content (AvgIpc) is 2.28. The molecule has 17 heavy (non-hydrogen) atoms. The fourth-order valence-electron chi connectivity index (χ4n) is 2.48. The molecule has 0 aromatic carbocycles. The minimum absolute atomic E-state index is 0.342. The molecule has 1 N–H and O–H groups in total. The molecule has 100 valence electrons. The smallest absolute Gasteiger partial charge is 0.222 e.